The molecule has 98 valence electrons. The molecular weight excluding hydrogens is 256 g/mol. The van der Waals surface area contributed by atoms with Gasteiger partial charge in [0.1, 0.15) is 0 Å². The minimum Gasteiger partial charge on any atom is -0.420 e. The van der Waals surface area contributed by atoms with Crippen LogP contribution in [0, 0.1) is 19.1 Å². The molecule has 0 radical (unpaired) electrons. The second kappa shape index (κ2) is 8.94. The summed E-state index contributed by atoms with van der Waals surface area (Å²) in [7, 11) is 0. The number of hydrogen-bond donors (Lipinski definition) is 0. The van der Waals surface area contributed by atoms with E-state index in [0.717, 1.165) is 22.6 Å². The molecular formula is C19H15Li2N. The molecule has 0 N–H and O–H groups in total. The maximum atomic E-state index is 3.22. The van der Waals surface area contributed by atoms with Crippen molar-refractivity contribution in [1.29, 1.82) is 0 Å². The fourth-order valence-electron chi connectivity index (χ4n) is 2.18. The van der Waals surface area contributed by atoms with Gasteiger partial charge in [-0.2, -0.15) is 5.69 Å². The summed E-state index contributed by atoms with van der Waals surface area (Å²) >= 11 is 0. The first kappa shape index (κ1) is 18.7. The van der Waals surface area contributed by atoms with Gasteiger partial charge in [0.25, 0.3) is 0 Å². The first-order valence-corrected chi connectivity index (χ1v) is 6.65. The topological polar surface area (TPSA) is 3.24 Å². The van der Waals surface area contributed by atoms with Gasteiger partial charge in [0.2, 0.25) is 0 Å². The van der Waals surface area contributed by atoms with Gasteiger partial charge >= 0.3 is 37.7 Å². The number of hydrogen-bond acceptors (Lipinski definition) is 1. The zero-order valence-corrected chi connectivity index (χ0v) is 13.4. The number of aryl methyl sites for hydroxylation is 1. The number of benzene rings is 3. The molecule has 0 fully saturated rings. The predicted molar refractivity (Wildman–Crippen MR) is 83.5 cm³/mol. The van der Waals surface area contributed by atoms with Crippen LogP contribution in [0.25, 0.3) is 0 Å². The Morgan fingerprint density at radius 1 is 0.636 bits per heavy atom. The van der Waals surface area contributed by atoms with Crippen LogP contribution in [-0.2, 0) is 0 Å². The number of anilines is 3. The maximum absolute atomic E-state index is 3.22. The van der Waals surface area contributed by atoms with Crippen molar-refractivity contribution < 1.29 is 37.7 Å². The molecule has 0 aliphatic heterocycles. The fourth-order valence-corrected chi connectivity index (χ4v) is 2.18. The molecule has 3 aromatic carbocycles. The molecule has 0 saturated carbocycles. The molecule has 0 atom stereocenters. The summed E-state index contributed by atoms with van der Waals surface area (Å²) in [4.78, 5) is 2.20. The Balaban J connectivity index is 0.00000121. The maximum Gasteiger partial charge on any atom is 1.00 e. The van der Waals surface area contributed by atoms with E-state index in [-0.39, 0.29) is 37.7 Å². The largest absolute Gasteiger partial charge is 1.00 e. The van der Waals surface area contributed by atoms with Crippen LogP contribution in [0.4, 0.5) is 17.1 Å². The molecule has 1 nitrogen and oxygen atoms in total. The first-order valence-electron chi connectivity index (χ1n) is 6.65. The molecule has 0 heterocycles. The van der Waals surface area contributed by atoms with Crippen LogP contribution in [0.2, 0.25) is 0 Å². The van der Waals surface area contributed by atoms with E-state index in [9.17, 15) is 0 Å². The quantitative estimate of drug-likeness (QED) is 0.440. The summed E-state index contributed by atoms with van der Waals surface area (Å²) in [6.07, 6.45) is 0. The number of nitrogens with zero attached hydrogens (tertiary/aromatic N) is 1. The average molecular weight is 271 g/mol. The van der Waals surface area contributed by atoms with Gasteiger partial charge in [-0.25, -0.2) is 0 Å². The van der Waals surface area contributed by atoms with Crippen molar-refractivity contribution in [3.8, 4) is 0 Å². The Bertz CT molecular complexity index is 627. The Hall–Kier alpha value is -1.35. The van der Waals surface area contributed by atoms with Crippen molar-refractivity contribution in [1.82, 2.24) is 0 Å². The molecule has 0 saturated heterocycles. The predicted octanol–water partition coefficient (Wildman–Crippen LogP) is -0.927. The van der Waals surface area contributed by atoms with Crippen LogP contribution in [0.15, 0.2) is 72.8 Å². The van der Waals surface area contributed by atoms with E-state index in [2.05, 4.69) is 41.3 Å². The summed E-state index contributed by atoms with van der Waals surface area (Å²) in [5.74, 6) is 0. The van der Waals surface area contributed by atoms with Gasteiger partial charge in [-0.3, -0.25) is 17.7 Å². The van der Waals surface area contributed by atoms with Crippen LogP contribution < -0.4 is 42.6 Å². The van der Waals surface area contributed by atoms with Gasteiger partial charge in [0, 0.05) is 11.4 Å². The molecule has 3 aromatic rings. The standard InChI is InChI=1S/C19H15N.2Li/c1-16-12-14-19(15-13-16)20(17-8-4-2-5-9-17)18-10-6-3-7-11-18;;/h2-11,14-15H,1H3;;/q-2;2*+1. The van der Waals surface area contributed by atoms with Crippen molar-refractivity contribution in [3.05, 3.63) is 90.5 Å². The SMILES string of the molecule is Cc1[c-]cc(N(c2ccccc2)c2ccccc2)c[c-]1.[Li+].[Li+]. The van der Waals surface area contributed by atoms with Crippen molar-refractivity contribution in [2.75, 3.05) is 4.90 Å². The molecule has 0 amide bonds. The van der Waals surface area contributed by atoms with E-state index < -0.39 is 0 Å². The zero-order valence-electron chi connectivity index (χ0n) is 13.4. The molecule has 0 aliphatic carbocycles. The second-order valence-electron chi connectivity index (χ2n) is 4.63. The number of para-hydroxylation sites is 2. The third-order valence-corrected chi connectivity index (χ3v) is 3.16. The van der Waals surface area contributed by atoms with Gasteiger partial charge < -0.3 is 17.0 Å². The smallest absolute Gasteiger partial charge is 0.420 e. The van der Waals surface area contributed by atoms with Crippen molar-refractivity contribution in [3.63, 3.8) is 0 Å². The van der Waals surface area contributed by atoms with Crippen molar-refractivity contribution in [2.45, 2.75) is 6.92 Å². The zero-order chi connectivity index (χ0) is 13.8. The Morgan fingerprint density at radius 2 is 1.05 bits per heavy atom. The minimum absolute atomic E-state index is 0. The van der Waals surface area contributed by atoms with E-state index >= 15 is 0 Å². The van der Waals surface area contributed by atoms with Crippen molar-refractivity contribution in [2.24, 2.45) is 0 Å². The fraction of sp³-hybridized carbons (Fsp3) is 0.0526. The summed E-state index contributed by atoms with van der Waals surface area (Å²) in [5.41, 5.74) is 4.34. The monoisotopic (exact) mass is 271 g/mol. The molecule has 0 aliphatic rings. The molecule has 0 aromatic heterocycles. The minimum atomic E-state index is 0. The Labute approximate surface area is 156 Å². The van der Waals surface area contributed by atoms with Crippen LogP contribution in [0.3, 0.4) is 0 Å². The summed E-state index contributed by atoms with van der Waals surface area (Å²) < 4.78 is 0. The van der Waals surface area contributed by atoms with Crippen LogP contribution in [-0.4, -0.2) is 0 Å². The van der Waals surface area contributed by atoms with Gasteiger partial charge in [0.15, 0.2) is 0 Å². The van der Waals surface area contributed by atoms with Crippen LogP contribution >= 0.6 is 0 Å². The summed E-state index contributed by atoms with van der Waals surface area (Å²) in [6.45, 7) is 2.00. The molecule has 22 heavy (non-hydrogen) atoms. The summed E-state index contributed by atoms with van der Waals surface area (Å²) in [5, 5.41) is 0. The van der Waals surface area contributed by atoms with Gasteiger partial charge in [-0.15, -0.1) is 0 Å². The third-order valence-electron chi connectivity index (χ3n) is 3.16. The third kappa shape index (κ3) is 4.33. The molecule has 0 bridgehead atoms. The van der Waals surface area contributed by atoms with E-state index in [0.29, 0.717) is 0 Å². The van der Waals surface area contributed by atoms with Gasteiger partial charge in [-0.1, -0.05) is 43.3 Å². The van der Waals surface area contributed by atoms with Gasteiger partial charge in [-0.05, 0) is 24.3 Å². The number of rotatable bonds is 3. The molecule has 0 unspecified atom stereocenters. The van der Waals surface area contributed by atoms with E-state index in [4.69, 9.17) is 0 Å². The molecule has 3 rings (SSSR count). The second-order valence-corrected chi connectivity index (χ2v) is 4.63. The van der Waals surface area contributed by atoms with Crippen LogP contribution in [0.5, 0.6) is 0 Å². The average Bonchev–Trinajstić information content (AvgIpc) is 2.52. The van der Waals surface area contributed by atoms with E-state index in [1.807, 2.05) is 55.5 Å². The Kier molecular flexibility index (Phi) is 7.60. The van der Waals surface area contributed by atoms with Crippen LogP contribution in [0.1, 0.15) is 5.56 Å². The van der Waals surface area contributed by atoms with E-state index in [1.54, 1.807) is 0 Å². The molecule has 0 spiro atoms. The normalized spacial score (nSPS) is 9.32. The Morgan fingerprint density at radius 3 is 1.45 bits per heavy atom. The first-order chi connectivity index (χ1) is 9.84. The van der Waals surface area contributed by atoms with E-state index in [1.165, 1.54) is 0 Å². The molecule has 3 heteroatoms. The van der Waals surface area contributed by atoms with Crippen molar-refractivity contribution >= 4 is 17.1 Å². The van der Waals surface area contributed by atoms with Gasteiger partial charge in [0.05, 0.1) is 0 Å². The summed E-state index contributed by atoms with van der Waals surface area (Å²) in [6, 6.07) is 31.1.